The Morgan fingerprint density at radius 3 is 2.54 bits per heavy atom. The number of carbonyl (C=O) groups is 1. The maximum atomic E-state index is 13.0. The first-order chi connectivity index (χ1) is 13.8. The van der Waals surface area contributed by atoms with Crippen molar-refractivity contribution in [3.8, 4) is 0 Å². The molecule has 136 valence electrons. The molecule has 1 amide bonds. The van der Waals surface area contributed by atoms with Crippen LogP contribution in [0, 0.1) is 0 Å². The molecule has 0 unspecified atom stereocenters. The van der Waals surface area contributed by atoms with Gasteiger partial charge in [-0.25, -0.2) is 4.98 Å². The standard InChI is InChI=1S/C23H17N3OS/c27-22(25-23-24-19-11-5-7-13-21(19)28-23)18-15-26(14-16-8-2-1-3-9-16)20-12-6-4-10-17(18)20/h1-13,15H,14H2,(H,24,25,27). The van der Waals surface area contributed by atoms with Crippen LogP contribution in [0.3, 0.4) is 0 Å². The third-order valence-corrected chi connectivity index (χ3v) is 5.70. The molecule has 28 heavy (non-hydrogen) atoms. The fourth-order valence-corrected chi connectivity index (χ4v) is 4.29. The summed E-state index contributed by atoms with van der Waals surface area (Å²) < 4.78 is 3.18. The van der Waals surface area contributed by atoms with Gasteiger partial charge in [0.05, 0.1) is 15.8 Å². The van der Waals surface area contributed by atoms with Crippen molar-refractivity contribution in [2.24, 2.45) is 0 Å². The maximum absolute atomic E-state index is 13.0. The van der Waals surface area contributed by atoms with E-state index in [9.17, 15) is 4.79 Å². The first-order valence-corrected chi connectivity index (χ1v) is 9.88. The van der Waals surface area contributed by atoms with Gasteiger partial charge >= 0.3 is 0 Å². The van der Waals surface area contributed by atoms with E-state index in [1.807, 2.05) is 72.9 Å². The van der Waals surface area contributed by atoms with Gasteiger partial charge in [0, 0.05) is 23.6 Å². The topological polar surface area (TPSA) is 46.9 Å². The van der Waals surface area contributed by atoms with Crippen LogP contribution in [0.5, 0.6) is 0 Å². The largest absolute Gasteiger partial charge is 0.342 e. The molecule has 5 heteroatoms. The van der Waals surface area contributed by atoms with Gasteiger partial charge in [0.15, 0.2) is 5.13 Å². The highest BCUT2D eigenvalue weighted by atomic mass is 32.1. The van der Waals surface area contributed by atoms with Crippen LogP contribution < -0.4 is 5.32 Å². The number of nitrogens with one attached hydrogen (secondary N) is 1. The Morgan fingerprint density at radius 1 is 0.929 bits per heavy atom. The number of fused-ring (bicyclic) bond motifs is 2. The summed E-state index contributed by atoms with van der Waals surface area (Å²) in [5, 5.41) is 4.53. The van der Waals surface area contributed by atoms with Crippen LogP contribution in [0.2, 0.25) is 0 Å². The third kappa shape index (κ3) is 3.06. The number of para-hydroxylation sites is 2. The van der Waals surface area contributed by atoms with Gasteiger partial charge in [-0.15, -0.1) is 0 Å². The van der Waals surface area contributed by atoms with Crippen molar-refractivity contribution < 1.29 is 4.79 Å². The first-order valence-electron chi connectivity index (χ1n) is 9.07. The molecule has 0 bridgehead atoms. The molecule has 2 aromatic heterocycles. The fraction of sp³-hybridized carbons (Fsp3) is 0.0435. The Balaban J connectivity index is 1.50. The average Bonchev–Trinajstić information content (AvgIpc) is 3.30. The van der Waals surface area contributed by atoms with E-state index < -0.39 is 0 Å². The second-order valence-electron chi connectivity index (χ2n) is 6.61. The van der Waals surface area contributed by atoms with Gasteiger partial charge in [-0.2, -0.15) is 0 Å². The van der Waals surface area contributed by atoms with Gasteiger partial charge in [-0.3, -0.25) is 10.1 Å². The number of amides is 1. The molecular weight excluding hydrogens is 366 g/mol. The molecule has 2 heterocycles. The summed E-state index contributed by atoms with van der Waals surface area (Å²) in [4.78, 5) is 17.5. The zero-order valence-corrected chi connectivity index (χ0v) is 15.8. The van der Waals surface area contributed by atoms with Gasteiger partial charge in [0.2, 0.25) is 0 Å². The van der Waals surface area contributed by atoms with Gasteiger partial charge in [-0.05, 0) is 23.8 Å². The summed E-state index contributed by atoms with van der Waals surface area (Å²) in [6.07, 6.45) is 1.93. The van der Waals surface area contributed by atoms with Gasteiger partial charge in [0.25, 0.3) is 5.91 Å². The molecule has 4 nitrogen and oxygen atoms in total. The molecular formula is C23H17N3OS. The zero-order valence-electron chi connectivity index (χ0n) is 15.0. The number of nitrogens with zero attached hydrogens (tertiary/aromatic N) is 2. The number of carbonyl (C=O) groups excluding carboxylic acids is 1. The van der Waals surface area contributed by atoms with E-state index >= 15 is 0 Å². The second kappa shape index (κ2) is 6.94. The summed E-state index contributed by atoms with van der Waals surface area (Å²) >= 11 is 1.49. The summed E-state index contributed by atoms with van der Waals surface area (Å²) in [6.45, 7) is 0.718. The Morgan fingerprint density at radius 2 is 1.68 bits per heavy atom. The molecule has 0 aliphatic heterocycles. The molecule has 3 aromatic carbocycles. The highest BCUT2D eigenvalue weighted by molar-refractivity contribution is 7.22. The maximum Gasteiger partial charge on any atom is 0.259 e. The highest BCUT2D eigenvalue weighted by Crippen LogP contribution is 2.27. The lowest BCUT2D eigenvalue weighted by Crippen LogP contribution is -2.11. The van der Waals surface area contributed by atoms with Crippen molar-refractivity contribution in [1.82, 2.24) is 9.55 Å². The Kier molecular flexibility index (Phi) is 4.14. The average molecular weight is 383 g/mol. The number of benzene rings is 3. The van der Waals surface area contributed by atoms with E-state index in [-0.39, 0.29) is 5.91 Å². The van der Waals surface area contributed by atoms with Crippen molar-refractivity contribution in [2.75, 3.05) is 5.32 Å². The monoisotopic (exact) mass is 383 g/mol. The van der Waals surface area contributed by atoms with Crippen LogP contribution in [0.1, 0.15) is 15.9 Å². The highest BCUT2D eigenvalue weighted by Gasteiger charge is 2.16. The Hall–Kier alpha value is -3.44. The van der Waals surface area contributed by atoms with Gasteiger partial charge < -0.3 is 4.57 Å². The van der Waals surface area contributed by atoms with Crippen LogP contribution in [0.4, 0.5) is 5.13 Å². The smallest absolute Gasteiger partial charge is 0.259 e. The third-order valence-electron chi connectivity index (χ3n) is 4.74. The minimum absolute atomic E-state index is 0.137. The summed E-state index contributed by atoms with van der Waals surface area (Å²) in [5.74, 6) is -0.137. The van der Waals surface area contributed by atoms with E-state index in [1.54, 1.807) is 0 Å². The lowest BCUT2D eigenvalue weighted by Gasteiger charge is -2.05. The number of hydrogen-bond acceptors (Lipinski definition) is 3. The minimum atomic E-state index is -0.137. The number of thiazole rings is 1. The SMILES string of the molecule is O=C(Nc1nc2ccccc2s1)c1cn(Cc2ccccc2)c2ccccc12. The minimum Gasteiger partial charge on any atom is -0.342 e. The number of rotatable bonds is 4. The molecule has 0 fully saturated rings. The van der Waals surface area contributed by atoms with E-state index in [0.29, 0.717) is 10.7 Å². The quantitative estimate of drug-likeness (QED) is 0.442. The van der Waals surface area contributed by atoms with Crippen molar-refractivity contribution in [1.29, 1.82) is 0 Å². The molecule has 0 aliphatic rings. The van der Waals surface area contributed by atoms with Crippen molar-refractivity contribution in [2.45, 2.75) is 6.54 Å². The molecule has 5 rings (SSSR count). The van der Waals surface area contributed by atoms with E-state index in [0.717, 1.165) is 27.7 Å². The molecule has 0 saturated carbocycles. The van der Waals surface area contributed by atoms with Crippen LogP contribution in [0.15, 0.2) is 85.1 Å². The predicted octanol–water partition coefficient (Wildman–Crippen LogP) is 5.55. The zero-order chi connectivity index (χ0) is 18.9. The molecule has 5 aromatic rings. The van der Waals surface area contributed by atoms with Crippen LogP contribution in [-0.2, 0) is 6.54 Å². The molecule has 0 spiro atoms. The van der Waals surface area contributed by atoms with Crippen molar-refractivity contribution >= 4 is 43.5 Å². The van der Waals surface area contributed by atoms with Crippen molar-refractivity contribution in [3.63, 3.8) is 0 Å². The lowest BCUT2D eigenvalue weighted by atomic mass is 10.1. The Labute approximate surface area is 166 Å². The van der Waals surface area contributed by atoms with Crippen LogP contribution in [-0.4, -0.2) is 15.5 Å². The van der Waals surface area contributed by atoms with E-state index in [2.05, 4.69) is 27.0 Å². The number of anilines is 1. The summed E-state index contributed by atoms with van der Waals surface area (Å²) in [5.41, 5.74) is 3.79. The van der Waals surface area contributed by atoms with Crippen LogP contribution >= 0.6 is 11.3 Å². The number of hydrogen-bond donors (Lipinski definition) is 1. The predicted molar refractivity (Wildman–Crippen MR) is 115 cm³/mol. The Bertz CT molecular complexity index is 1250. The van der Waals surface area contributed by atoms with Crippen molar-refractivity contribution in [3.05, 3.63) is 96.2 Å². The van der Waals surface area contributed by atoms with Gasteiger partial charge in [-0.1, -0.05) is 72.0 Å². The lowest BCUT2D eigenvalue weighted by molar-refractivity contribution is 0.102. The number of aromatic nitrogens is 2. The molecule has 0 atom stereocenters. The first kappa shape index (κ1) is 16.7. The van der Waals surface area contributed by atoms with E-state index in [4.69, 9.17) is 0 Å². The summed E-state index contributed by atoms with van der Waals surface area (Å²) in [6, 6.07) is 26.1. The molecule has 0 saturated heterocycles. The second-order valence-corrected chi connectivity index (χ2v) is 7.64. The molecule has 0 aliphatic carbocycles. The van der Waals surface area contributed by atoms with Gasteiger partial charge in [0.1, 0.15) is 0 Å². The summed E-state index contributed by atoms with van der Waals surface area (Å²) in [7, 11) is 0. The fourth-order valence-electron chi connectivity index (χ4n) is 3.43. The molecule has 0 radical (unpaired) electrons. The van der Waals surface area contributed by atoms with E-state index in [1.165, 1.54) is 16.9 Å². The molecule has 1 N–H and O–H groups in total. The normalized spacial score (nSPS) is 11.1. The van der Waals surface area contributed by atoms with Crippen LogP contribution in [0.25, 0.3) is 21.1 Å².